The standard InChI is InChI=1S/C20H23ClN2O4S/c1-13-4-7-17(10-19(13)21)22-20(24)16-5-8-18(9-6-16)28(25,26)23-11-14(2)27-15(3)12-23/h4-10,14-15H,11-12H2,1-3H3,(H,22,24)/t14-,15-/m0/s1. The summed E-state index contributed by atoms with van der Waals surface area (Å²) in [5.41, 5.74) is 1.86. The molecule has 0 bridgehead atoms. The lowest BCUT2D eigenvalue weighted by Gasteiger charge is -2.34. The van der Waals surface area contributed by atoms with Crippen LogP contribution in [0.15, 0.2) is 47.4 Å². The second-order valence-electron chi connectivity index (χ2n) is 7.02. The van der Waals surface area contributed by atoms with Gasteiger partial charge in [0.1, 0.15) is 0 Å². The quantitative estimate of drug-likeness (QED) is 0.815. The van der Waals surface area contributed by atoms with Crippen LogP contribution in [0.4, 0.5) is 5.69 Å². The van der Waals surface area contributed by atoms with Gasteiger partial charge >= 0.3 is 0 Å². The maximum Gasteiger partial charge on any atom is 0.255 e. The van der Waals surface area contributed by atoms with E-state index in [1.807, 2.05) is 26.8 Å². The number of benzene rings is 2. The Morgan fingerprint density at radius 3 is 2.29 bits per heavy atom. The van der Waals surface area contributed by atoms with Crippen LogP contribution in [0.25, 0.3) is 0 Å². The summed E-state index contributed by atoms with van der Waals surface area (Å²) < 4.78 is 32.8. The predicted octanol–water partition coefficient (Wildman–Crippen LogP) is 3.70. The van der Waals surface area contributed by atoms with Gasteiger partial charge in [0.05, 0.1) is 17.1 Å². The van der Waals surface area contributed by atoms with Gasteiger partial charge in [-0.1, -0.05) is 17.7 Å². The molecule has 0 aromatic heterocycles. The predicted molar refractivity (Wildman–Crippen MR) is 109 cm³/mol. The summed E-state index contributed by atoms with van der Waals surface area (Å²) >= 11 is 6.08. The van der Waals surface area contributed by atoms with Crippen molar-refractivity contribution in [2.75, 3.05) is 18.4 Å². The van der Waals surface area contributed by atoms with E-state index in [9.17, 15) is 13.2 Å². The van der Waals surface area contributed by atoms with Gasteiger partial charge in [0, 0.05) is 29.4 Å². The highest BCUT2D eigenvalue weighted by atomic mass is 35.5. The molecule has 3 rings (SSSR count). The number of carbonyl (C=O) groups excluding carboxylic acids is 1. The zero-order chi connectivity index (χ0) is 20.5. The molecular formula is C20H23ClN2O4S. The van der Waals surface area contributed by atoms with Gasteiger partial charge in [-0.15, -0.1) is 0 Å². The van der Waals surface area contributed by atoms with Crippen molar-refractivity contribution in [3.63, 3.8) is 0 Å². The lowest BCUT2D eigenvalue weighted by molar-refractivity contribution is -0.0440. The molecular weight excluding hydrogens is 400 g/mol. The number of carbonyl (C=O) groups is 1. The Labute approximate surface area is 170 Å². The van der Waals surface area contributed by atoms with Crippen molar-refractivity contribution in [1.29, 1.82) is 0 Å². The van der Waals surface area contributed by atoms with Crippen molar-refractivity contribution < 1.29 is 17.9 Å². The molecule has 1 amide bonds. The average Bonchev–Trinajstić information content (AvgIpc) is 2.64. The van der Waals surface area contributed by atoms with Crippen molar-refractivity contribution >= 4 is 33.2 Å². The Bertz CT molecular complexity index is 966. The Hall–Kier alpha value is -1.93. The summed E-state index contributed by atoms with van der Waals surface area (Å²) in [5.74, 6) is -0.336. The number of morpholine rings is 1. The van der Waals surface area contributed by atoms with E-state index in [0.29, 0.717) is 29.4 Å². The number of amides is 1. The lowest BCUT2D eigenvalue weighted by Crippen LogP contribution is -2.48. The van der Waals surface area contributed by atoms with Gasteiger partial charge in [-0.3, -0.25) is 4.79 Å². The number of halogens is 1. The van der Waals surface area contributed by atoms with Gasteiger partial charge in [0.25, 0.3) is 5.91 Å². The fourth-order valence-corrected chi connectivity index (χ4v) is 4.90. The molecule has 8 heteroatoms. The molecule has 2 atom stereocenters. The first-order chi connectivity index (χ1) is 13.2. The molecule has 1 N–H and O–H groups in total. The molecule has 1 heterocycles. The highest BCUT2D eigenvalue weighted by Gasteiger charge is 2.32. The third-order valence-corrected chi connectivity index (χ3v) is 6.82. The number of sulfonamides is 1. The first kappa shape index (κ1) is 20.8. The van der Waals surface area contributed by atoms with Crippen LogP contribution in [0.5, 0.6) is 0 Å². The van der Waals surface area contributed by atoms with E-state index in [2.05, 4.69) is 5.32 Å². The van der Waals surface area contributed by atoms with Gasteiger partial charge in [0.2, 0.25) is 10.0 Å². The summed E-state index contributed by atoms with van der Waals surface area (Å²) in [6.07, 6.45) is -0.324. The van der Waals surface area contributed by atoms with Crippen LogP contribution in [0, 0.1) is 6.92 Å². The van der Waals surface area contributed by atoms with E-state index >= 15 is 0 Å². The van der Waals surface area contributed by atoms with E-state index in [1.165, 1.54) is 28.6 Å². The Morgan fingerprint density at radius 1 is 1.11 bits per heavy atom. The van der Waals surface area contributed by atoms with Gasteiger partial charge in [0.15, 0.2) is 0 Å². The van der Waals surface area contributed by atoms with Gasteiger partial charge in [-0.05, 0) is 62.7 Å². The SMILES string of the molecule is Cc1ccc(NC(=O)c2ccc(S(=O)(=O)N3C[C@H](C)O[C@@H](C)C3)cc2)cc1Cl. The maximum absolute atomic E-state index is 12.9. The molecule has 28 heavy (non-hydrogen) atoms. The minimum absolute atomic E-state index is 0.156. The van der Waals surface area contributed by atoms with E-state index < -0.39 is 10.0 Å². The summed E-state index contributed by atoms with van der Waals surface area (Å²) in [6, 6.07) is 11.2. The first-order valence-corrected chi connectivity index (χ1v) is 10.8. The fraction of sp³-hybridized carbons (Fsp3) is 0.350. The van der Waals surface area contributed by atoms with Crippen LogP contribution < -0.4 is 5.32 Å². The van der Waals surface area contributed by atoms with Crippen LogP contribution in [0.3, 0.4) is 0 Å². The highest BCUT2D eigenvalue weighted by Crippen LogP contribution is 2.23. The maximum atomic E-state index is 12.9. The Morgan fingerprint density at radius 2 is 1.71 bits per heavy atom. The molecule has 0 saturated carbocycles. The number of hydrogen-bond acceptors (Lipinski definition) is 4. The van der Waals surface area contributed by atoms with E-state index in [1.54, 1.807) is 12.1 Å². The molecule has 0 aliphatic carbocycles. The summed E-state index contributed by atoms with van der Waals surface area (Å²) in [6.45, 7) is 6.20. The average molecular weight is 423 g/mol. The number of anilines is 1. The molecule has 1 aliphatic rings. The molecule has 1 fully saturated rings. The molecule has 0 unspecified atom stereocenters. The highest BCUT2D eigenvalue weighted by molar-refractivity contribution is 7.89. The normalized spacial score (nSPS) is 20.7. The van der Waals surface area contributed by atoms with Crippen LogP contribution in [0.2, 0.25) is 5.02 Å². The number of nitrogens with one attached hydrogen (secondary N) is 1. The lowest BCUT2D eigenvalue weighted by atomic mass is 10.2. The minimum atomic E-state index is -3.64. The van der Waals surface area contributed by atoms with Crippen molar-refractivity contribution in [2.24, 2.45) is 0 Å². The Balaban J connectivity index is 1.75. The third-order valence-electron chi connectivity index (χ3n) is 4.57. The number of hydrogen-bond donors (Lipinski definition) is 1. The van der Waals surface area contributed by atoms with Crippen LogP contribution >= 0.6 is 11.6 Å². The minimum Gasteiger partial charge on any atom is -0.373 e. The number of ether oxygens (including phenoxy) is 1. The summed E-state index contributed by atoms with van der Waals surface area (Å²) in [4.78, 5) is 12.6. The molecule has 1 saturated heterocycles. The number of aryl methyl sites for hydroxylation is 1. The van der Waals surface area contributed by atoms with Crippen molar-refractivity contribution in [2.45, 2.75) is 37.9 Å². The molecule has 1 aliphatic heterocycles. The van der Waals surface area contributed by atoms with Crippen molar-refractivity contribution in [3.05, 3.63) is 58.6 Å². The first-order valence-electron chi connectivity index (χ1n) is 9.00. The van der Waals surface area contributed by atoms with E-state index in [4.69, 9.17) is 16.3 Å². The van der Waals surface area contributed by atoms with Crippen LogP contribution in [-0.2, 0) is 14.8 Å². The molecule has 150 valence electrons. The molecule has 0 radical (unpaired) electrons. The van der Waals surface area contributed by atoms with Gasteiger partial charge in [-0.2, -0.15) is 4.31 Å². The van der Waals surface area contributed by atoms with Crippen molar-refractivity contribution in [3.8, 4) is 0 Å². The zero-order valence-electron chi connectivity index (χ0n) is 16.0. The second kappa shape index (κ2) is 8.21. The molecule has 2 aromatic carbocycles. The second-order valence-corrected chi connectivity index (χ2v) is 9.37. The molecule has 6 nitrogen and oxygen atoms in total. The van der Waals surface area contributed by atoms with Crippen LogP contribution in [0.1, 0.15) is 29.8 Å². The van der Waals surface area contributed by atoms with E-state index in [-0.39, 0.29) is 23.0 Å². The van der Waals surface area contributed by atoms with Gasteiger partial charge in [-0.25, -0.2) is 8.42 Å². The Kier molecular flexibility index (Phi) is 6.09. The summed E-state index contributed by atoms with van der Waals surface area (Å²) in [5, 5.41) is 3.32. The summed E-state index contributed by atoms with van der Waals surface area (Å²) in [7, 11) is -3.64. The molecule has 2 aromatic rings. The molecule has 0 spiro atoms. The van der Waals surface area contributed by atoms with Gasteiger partial charge < -0.3 is 10.1 Å². The van der Waals surface area contributed by atoms with Crippen molar-refractivity contribution in [1.82, 2.24) is 4.31 Å². The smallest absolute Gasteiger partial charge is 0.255 e. The number of rotatable bonds is 4. The zero-order valence-corrected chi connectivity index (χ0v) is 17.5. The third kappa shape index (κ3) is 4.55. The monoisotopic (exact) mass is 422 g/mol. The van der Waals surface area contributed by atoms with E-state index in [0.717, 1.165) is 5.56 Å². The number of nitrogens with zero attached hydrogens (tertiary/aromatic N) is 1. The largest absolute Gasteiger partial charge is 0.373 e. The van der Waals surface area contributed by atoms with Crippen LogP contribution in [-0.4, -0.2) is 43.9 Å². The fourth-order valence-electron chi connectivity index (χ4n) is 3.13. The topological polar surface area (TPSA) is 75.7 Å².